The third-order valence-corrected chi connectivity index (χ3v) is 8.97. The molecule has 1 N–H and O–H groups in total. The SMILES string of the molecule is CCc1sc2c(c1C)C(c1ccc(Cl)cc1)=N[C@@H](CC(=O)Oc1ccc3nc(O)sc3c1)c1nnc(C)n1-2. The van der Waals surface area contributed by atoms with Gasteiger partial charge in [-0.2, -0.15) is 0 Å². The predicted octanol–water partition coefficient (Wildman–Crippen LogP) is 6.36. The Bertz CT molecular complexity index is 1740. The molecule has 0 spiro atoms. The first-order valence-electron chi connectivity index (χ1n) is 12.0. The minimum absolute atomic E-state index is 0.0319. The number of ether oxygens (including phenoxy) is 1. The Morgan fingerprint density at radius 2 is 1.92 bits per heavy atom. The number of thiophene rings is 1. The molecule has 4 heterocycles. The first-order chi connectivity index (χ1) is 18.3. The van der Waals surface area contributed by atoms with Crippen molar-refractivity contribution in [1.29, 1.82) is 0 Å². The van der Waals surface area contributed by atoms with Crippen LogP contribution in [0.4, 0.5) is 0 Å². The van der Waals surface area contributed by atoms with Gasteiger partial charge in [0.2, 0.25) is 0 Å². The molecule has 1 aliphatic heterocycles. The molecule has 11 heteroatoms. The zero-order valence-corrected chi connectivity index (χ0v) is 23.1. The lowest BCUT2D eigenvalue weighted by Crippen LogP contribution is -2.15. The van der Waals surface area contributed by atoms with Crippen molar-refractivity contribution < 1.29 is 14.6 Å². The zero-order valence-electron chi connectivity index (χ0n) is 20.7. The molecule has 0 aliphatic carbocycles. The van der Waals surface area contributed by atoms with Crippen LogP contribution in [0, 0.1) is 13.8 Å². The van der Waals surface area contributed by atoms with Gasteiger partial charge in [-0.1, -0.05) is 42.0 Å². The first-order valence-corrected chi connectivity index (χ1v) is 14.0. The molecule has 1 aliphatic rings. The van der Waals surface area contributed by atoms with Gasteiger partial charge < -0.3 is 9.84 Å². The van der Waals surface area contributed by atoms with Gasteiger partial charge >= 0.3 is 5.97 Å². The lowest BCUT2D eigenvalue weighted by Gasteiger charge is -2.13. The summed E-state index contributed by atoms with van der Waals surface area (Å²) in [6.07, 6.45) is 0.862. The van der Waals surface area contributed by atoms with Crippen LogP contribution >= 0.6 is 34.3 Å². The molecule has 0 radical (unpaired) electrons. The molecule has 0 saturated carbocycles. The molecule has 5 aromatic rings. The van der Waals surface area contributed by atoms with Crippen molar-refractivity contribution in [2.75, 3.05) is 0 Å². The lowest BCUT2D eigenvalue weighted by atomic mass is 9.99. The summed E-state index contributed by atoms with van der Waals surface area (Å²) in [4.78, 5) is 23.6. The Labute approximate surface area is 231 Å². The summed E-state index contributed by atoms with van der Waals surface area (Å²) >= 11 is 9.01. The number of aryl methyl sites for hydroxylation is 2. The quantitative estimate of drug-likeness (QED) is 0.197. The van der Waals surface area contributed by atoms with E-state index in [-0.39, 0.29) is 11.6 Å². The molecule has 3 aromatic heterocycles. The van der Waals surface area contributed by atoms with Crippen LogP contribution in [0.25, 0.3) is 15.2 Å². The second kappa shape index (κ2) is 9.61. The molecule has 38 heavy (non-hydrogen) atoms. The van der Waals surface area contributed by atoms with Crippen LogP contribution in [-0.4, -0.2) is 36.5 Å². The second-order valence-corrected chi connectivity index (χ2v) is 11.5. The number of carbonyl (C=O) groups is 1. The van der Waals surface area contributed by atoms with Crippen molar-refractivity contribution in [3.8, 4) is 15.9 Å². The number of nitrogens with zero attached hydrogens (tertiary/aromatic N) is 5. The minimum atomic E-state index is -0.616. The molecular weight excluding hydrogens is 542 g/mol. The van der Waals surface area contributed by atoms with Crippen molar-refractivity contribution in [3.05, 3.63) is 80.7 Å². The van der Waals surface area contributed by atoms with Crippen LogP contribution in [-0.2, 0) is 11.2 Å². The van der Waals surface area contributed by atoms with Gasteiger partial charge in [-0.15, -0.1) is 21.5 Å². The fraction of sp³-hybridized carbons (Fsp3) is 0.222. The van der Waals surface area contributed by atoms with Crippen LogP contribution in [0.5, 0.6) is 10.9 Å². The molecule has 6 rings (SSSR count). The number of aliphatic imine (C=N–C) groups is 1. The van der Waals surface area contributed by atoms with Gasteiger partial charge in [0.25, 0.3) is 5.19 Å². The van der Waals surface area contributed by atoms with Crippen LogP contribution in [0.15, 0.2) is 47.5 Å². The van der Waals surface area contributed by atoms with Gasteiger partial charge in [0.15, 0.2) is 5.82 Å². The standard InChI is InChI=1S/C27H22ClN5O3S2/c1-4-20-13(2)23-24(15-5-7-16(28)8-6-15)29-19(25-32-31-14(3)33(25)26(23)37-20)12-22(34)36-17-9-10-18-21(11-17)38-27(35)30-18/h5-11,19H,4,12H2,1-3H3,(H,30,35)/t19-/m0/s1. The normalized spacial score (nSPS) is 14.6. The third kappa shape index (κ3) is 4.28. The first kappa shape index (κ1) is 24.7. The summed E-state index contributed by atoms with van der Waals surface area (Å²) in [5.74, 6) is 1.25. The van der Waals surface area contributed by atoms with E-state index in [1.807, 2.05) is 35.8 Å². The number of benzene rings is 2. The van der Waals surface area contributed by atoms with Crippen molar-refractivity contribution in [3.63, 3.8) is 0 Å². The number of hydrogen-bond donors (Lipinski definition) is 1. The van der Waals surface area contributed by atoms with Gasteiger partial charge in [-0.25, -0.2) is 4.98 Å². The van der Waals surface area contributed by atoms with Crippen molar-refractivity contribution in [2.24, 2.45) is 4.99 Å². The van der Waals surface area contributed by atoms with Gasteiger partial charge in [-0.05, 0) is 50.1 Å². The number of thiazole rings is 1. The smallest absolute Gasteiger partial charge is 0.313 e. The van der Waals surface area contributed by atoms with E-state index in [9.17, 15) is 9.90 Å². The van der Waals surface area contributed by atoms with Crippen molar-refractivity contribution in [2.45, 2.75) is 39.7 Å². The Balaban J connectivity index is 1.42. The summed E-state index contributed by atoms with van der Waals surface area (Å²) in [5.41, 5.74) is 4.51. The molecule has 0 saturated heterocycles. The summed E-state index contributed by atoms with van der Waals surface area (Å²) in [5, 5.41) is 20.1. The fourth-order valence-electron chi connectivity index (χ4n) is 4.69. The Kier molecular flexibility index (Phi) is 6.25. The largest absolute Gasteiger partial charge is 0.486 e. The van der Waals surface area contributed by atoms with E-state index in [0.717, 1.165) is 55.7 Å². The van der Waals surface area contributed by atoms with E-state index >= 15 is 0 Å². The van der Waals surface area contributed by atoms with Crippen LogP contribution in [0.3, 0.4) is 0 Å². The highest BCUT2D eigenvalue weighted by molar-refractivity contribution is 7.20. The van der Waals surface area contributed by atoms with E-state index in [2.05, 4.69) is 29.0 Å². The highest BCUT2D eigenvalue weighted by Gasteiger charge is 2.33. The van der Waals surface area contributed by atoms with Crippen molar-refractivity contribution in [1.82, 2.24) is 19.7 Å². The van der Waals surface area contributed by atoms with Crippen LogP contribution in [0.1, 0.15) is 52.6 Å². The number of fused-ring (bicyclic) bond motifs is 4. The molecule has 0 unspecified atom stereocenters. The number of esters is 1. The molecule has 1 atom stereocenters. The van der Waals surface area contributed by atoms with Crippen molar-refractivity contribution >= 4 is 56.2 Å². The number of aromatic hydroxyl groups is 1. The zero-order chi connectivity index (χ0) is 26.6. The van der Waals surface area contributed by atoms with Crippen LogP contribution < -0.4 is 4.74 Å². The average molecular weight is 564 g/mol. The predicted molar refractivity (Wildman–Crippen MR) is 149 cm³/mol. The van der Waals surface area contributed by atoms with E-state index in [1.165, 1.54) is 4.88 Å². The van der Waals surface area contributed by atoms with Gasteiger partial charge in [-0.3, -0.25) is 14.4 Å². The van der Waals surface area contributed by atoms with E-state index in [4.69, 9.17) is 21.3 Å². The maximum absolute atomic E-state index is 13.2. The number of hydrogen-bond acceptors (Lipinski definition) is 9. The fourth-order valence-corrected chi connectivity index (χ4v) is 6.85. The molecule has 2 aromatic carbocycles. The van der Waals surface area contributed by atoms with Gasteiger partial charge in [0.1, 0.15) is 22.6 Å². The second-order valence-electron chi connectivity index (χ2n) is 8.93. The molecule has 0 amide bonds. The summed E-state index contributed by atoms with van der Waals surface area (Å²) in [6.45, 7) is 6.16. The topological polar surface area (TPSA) is 102 Å². The highest BCUT2D eigenvalue weighted by atomic mass is 35.5. The molecule has 192 valence electrons. The molecule has 8 nitrogen and oxygen atoms in total. The maximum atomic E-state index is 13.2. The minimum Gasteiger partial charge on any atom is -0.486 e. The van der Waals surface area contributed by atoms with Gasteiger partial charge in [0.05, 0.1) is 22.3 Å². The number of halogens is 1. The van der Waals surface area contributed by atoms with E-state index in [1.54, 1.807) is 29.5 Å². The Hall–Kier alpha value is -3.60. The third-order valence-electron chi connectivity index (χ3n) is 6.48. The monoisotopic (exact) mass is 563 g/mol. The lowest BCUT2D eigenvalue weighted by molar-refractivity contribution is -0.134. The highest BCUT2D eigenvalue weighted by Crippen LogP contribution is 2.40. The molecule has 0 fully saturated rings. The number of rotatable bonds is 5. The van der Waals surface area contributed by atoms with E-state index in [0.29, 0.717) is 22.1 Å². The summed E-state index contributed by atoms with van der Waals surface area (Å²) in [7, 11) is 0. The van der Waals surface area contributed by atoms with Crippen LogP contribution in [0.2, 0.25) is 5.02 Å². The number of carbonyl (C=O) groups excluding carboxylic acids is 1. The Morgan fingerprint density at radius 1 is 1.13 bits per heavy atom. The molecule has 0 bridgehead atoms. The summed E-state index contributed by atoms with van der Waals surface area (Å²) in [6, 6.07) is 12.0. The Morgan fingerprint density at radius 3 is 2.68 bits per heavy atom. The maximum Gasteiger partial charge on any atom is 0.313 e. The van der Waals surface area contributed by atoms with Gasteiger partial charge in [0, 0.05) is 27.1 Å². The average Bonchev–Trinajstić information content (AvgIpc) is 3.52. The summed E-state index contributed by atoms with van der Waals surface area (Å²) < 4.78 is 8.43. The number of aromatic nitrogens is 4. The van der Waals surface area contributed by atoms with E-state index < -0.39 is 12.0 Å². The molecular formula is C27H22ClN5O3S2.